The molecule has 108 valence electrons. The van der Waals surface area contributed by atoms with E-state index in [1.54, 1.807) is 6.92 Å². The van der Waals surface area contributed by atoms with Crippen molar-refractivity contribution in [2.75, 3.05) is 30.4 Å². The van der Waals surface area contributed by atoms with Gasteiger partial charge in [-0.05, 0) is 20.3 Å². The third-order valence-electron chi connectivity index (χ3n) is 2.91. The van der Waals surface area contributed by atoms with E-state index in [4.69, 9.17) is 0 Å². The minimum Gasteiger partial charge on any atom is -0.394 e. The lowest BCUT2D eigenvalue weighted by atomic mass is 10.0. The Morgan fingerprint density at radius 1 is 1.16 bits per heavy atom. The normalized spacial score (nSPS) is 11.4. The Morgan fingerprint density at radius 3 is 2.32 bits per heavy atom. The standard InChI is InChI=1S/C13H24N4O2/c1-4-6-10-11(14-5-2)15-9-16-12(10)17-13(3,7-18)8-19/h9,18-19H,4-8H2,1-3H3,(H2,14,15,16,17). The second-order valence-electron chi connectivity index (χ2n) is 4.83. The molecule has 1 heterocycles. The van der Waals surface area contributed by atoms with Gasteiger partial charge in [0.1, 0.15) is 18.0 Å². The third kappa shape index (κ3) is 4.04. The van der Waals surface area contributed by atoms with Crippen LogP contribution in [0.5, 0.6) is 0 Å². The van der Waals surface area contributed by atoms with Crippen LogP contribution in [0.15, 0.2) is 6.33 Å². The predicted molar refractivity (Wildman–Crippen MR) is 76.4 cm³/mol. The monoisotopic (exact) mass is 268 g/mol. The molecule has 0 atom stereocenters. The number of nitrogens with one attached hydrogen (secondary N) is 2. The van der Waals surface area contributed by atoms with Crippen LogP contribution in [0, 0.1) is 0 Å². The minimum absolute atomic E-state index is 0.171. The lowest BCUT2D eigenvalue weighted by molar-refractivity contribution is 0.147. The van der Waals surface area contributed by atoms with Gasteiger partial charge >= 0.3 is 0 Å². The summed E-state index contributed by atoms with van der Waals surface area (Å²) in [6, 6.07) is 0. The van der Waals surface area contributed by atoms with Crippen molar-refractivity contribution in [3.05, 3.63) is 11.9 Å². The molecule has 4 N–H and O–H groups in total. The Kier molecular flexibility index (Phi) is 5.98. The molecule has 0 aliphatic carbocycles. The molecule has 0 aromatic carbocycles. The third-order valence-corrected chi connectivity index (χ3v) is 2.91. The summed E-state index contributed by atoms with van der Waals surface area (Å²) in [5.41, 5.74) is 0.195. The number of hydrogen-bond donors (Lipinski definition) is 4. The van der Waals surface area contributed by atoms with Gasteiger partial charge in [0.15, 0.2) is 0 Å². The summed E-state index contributed by atoms with van der Waals surface area (Å²) >= 11 is 0. The fourth-order valence-corrected chi connectivity index (χ4v) is 1.74. The van der Waals surface area contributed by atoms with Crippen LogP contribution in [0.25, 0.3) is 0 Å². The van der Waals surface area contributed by atoms with Crippen LogP contribution in [-0.4, -0.2) is 45.5 Å². The van der Waals surface area contributed by atoms with E-state index in [9.17, 15) is 10.2 Å². The van der Waals surface area contributed by atoms with Gasteiger partial charge < -0.3 is 20.8 Å². The highest BCUT2D eigenvalue weighted by molar-refractivity contribution is 5.58. The molecule has 1 rings (SSSR count). The molecule has 0 saturated carbocycles. The molecule has 0 fully saturated rings. The molecule has 0 aliphatic heterocycles. The quantitative estimate of drug-likeness (QED) is 0.563. The van der Waals surface area contributed by atoms with Crippen LogP contribution in [0.4, 0.5) is 11.6 Å². The second-order valence-corrected chi connectivity index (χ2v) is 4.83. The number of nitrogens with zero attached hydrogens (tertiary/aromatic N) is 2. The van der Waals surface area contributed by atoms with Crippen LogP contribution < -0.4 is 10.6 Å². The molecule has 0 unspecified atom stereocenters. The van der Waals surface area contributed by atoms with Crippen LogP contribution in [0.3, 0.4) is 0 Å². The Morgan fingerprint density at radius 2 is 1.79 bits per heavy atom. The molecule has 0 spiro atoms. The number of aliphatic hydroxyl groups excluding tert-OH is 2. The van der Waals surface area contributed by atoms with Gasteiger partial charge in [0.2, 0.25) is 0 Å². The molecule has 1 aromatic rings. The van der Waals surface area contributed by atoms with Crippen molar-refractivity contribution in [1.29, 1.82) is 0 Å². The summed E-state index contributed by atoms with van der Waals surface area (Å²) in [7, 11) is 0. The highest BCUT2D eigenvalue weighted by Crippen LogP contribution is 2.24. The fourth-order valence-electron chi connectivity index (χ4n) is 1.74. The summed E-state index contributed by atoms with van der Waals surface area (Å²) in [4.78, 5) is 8.48. The van der Waals surface area contributed by atoms with E-state index in [-0.39, 0.29) is 13.2 Å². The first kappa shape index (κ1) is 15.7. The Labute approximate surface area is 114 Å². The maximum Gasteiger partial charge on any atom is 0.135 e. The summed E-state index contributed by atoms with van der Waals surface area (Å²) < 4.78 is 0. The number of rotatable bonds is 8. The molecule has 6 nitrogen and oxygen atoms in total. The number of aliphatic hydroxyl groups is 2. The average Bonchev–Trinajstić information content (AvgIpc) is 2.42. The zero-order chi connectivity index (χ0) is 14.3. The van der Waals surface area contributed by atoms with Crippen LogP contribution in [-0.2, 0) is 6.42 Å². The summed E-state index contributed by atoms with van der Waals surface area (Å²) in [5, 5.41) is 25.0. The fraction of sp³-hybridized carbons (Fsp3) is 0.692. The van der Waals surface area contributed by atoms with Crippen LogP contribution in [0.2, 0.25) is 0 Å². The largest absolute Gasteiger partial charge is 0.394 e. The maximum absolute atomic E-state index is 9.36. The summed E-state index contributed by atoms with van der Waals surface area (Å²) in [5.74, 6) is 1.47. The van der Waals surface area contributed by atoms with Crippen molar-refractivity contribution >= 4 is 11.6 Å². The molecular formula is C13H24N4O2. The van der Waals surface area contributed by atoms with Gasteiger partial charge in [-0.3, -0.25) is 0 Å². The van der Waals surface area contributed by atoms with Crippen molar-refractivity contribution in [3.8, 4) is 0 Å². The number of aromatic nitrogens is 2. The Hall–Kier alpha value is -1.40. The van der Waals surface area contributed by atoms with Crippen molar-refractivity contribution in [3.63, 3.8) is 0 Å². The zero-order valence-electron chi connectivity index (χ0n) is 11.9. The van der Waals surface area contributed by atoms with Gasteiger partial charge in [-0.25, -0.2) is 9.97 Å². The van der Waals surface area contributed by atoms with Crippen LogP contribution in [0.1, 0.15) is 32.8 Å². The highest BCUT2D eigenvalue weighted by atomic mass is 16.3. The first-order valence-corrected chi connectivity index (χ1v) is 6.67. The molecule has 0 amide bonds. The average molecular weight is 268 g/mol. The van der Waals surface area contributed by atoms with E-state index in [0.717, 1.165) is 30.8 Å². The molecule has 6 heteroatoms. The molecule has 19 heavy (non-hydrogen) atoms. The summed E-state index contributed by atoms with van der Waals surface area (Å²) in [6.45, 7) is 6.29. The van der Waals surface area contributed by atoms with Crippen molar-refractivity contribution in [2.45, 2.75) is 39.2 Å². The number of anilines is 2. The van der Waals surface area contributed by atoms with Gasteiger partial charge in [0.25, 0.3) is 0 Å². The van der Waals surface area contributed by atoms with Gasteiger partial charge in [-0.1, -0.05) is 13.3 Å². The van der Waals surface area contributed by atoms with E-state index < -0.39 is 5.54 Å². The molecule has 0 radical (unpaired) electrons. The lowest BCUT2D eigenvalue weighted by Crippen LogP contribution is -2.43. The summed E-state index contributed by atoms with van der Waals surface area (Å²) in [6.07, 6.45) is 3.28. The molecule has 0 aliphatic rings. The Balaban J connectivity index is 3.08. The van der Waals surface area contributed by atoms with Crippen molar-refractivity contribution in [1.82, 2.24) is 9.97 Å². The van der Waals surface area contributed by atoms with E-state index in [2.05, 4.69) is 27.5 Å². The second kappa shape index (κ2) is 7.25. The molecule has 0 bridgehead atoms. The molecule has 1 aromatic heterocycles. The molecular weight excluding hydrogens is 244 g/mol. The van der Waals surface area contributed by atoms with Gasteiger partial charge in [0.05, 0.1) is 18.8 Å². The SMILES string of the molecule is CCCc1c(NCC)ncnc1NC(C)(CO)CO. The topological polar surface area (TPSA) is 90.3 Å². The maximum atomic E-state index is 9.36. The first-order valence-electron chi connectivity index (χ1n) is 6.67. The first-order chi connectivity index (χ1) is 9.10. The van der Waals surface area contributed by atoms with Gasteiger partial charge in [-0.15, -0.1) is 0 Å². The van der Waals surface area contributed by atoms with E-state index >= 15 is 0 Å². The lowest BCUT2D eigenvalue weighted by Gasteiger charge is -2.28. The highest BCUT2D eigenvalue weighted by Gasteiger charge is 2.24. The van der Waals surface area contributed by atoms with E-state index in [1.807, 2.05) is 6.92 Å². The van der Waals surface area contributed by atoms with Crippen LogP contribution >= 0.6 is 0 Å². The van der Waals surface area contributed by atoms with Gasteiger partial charge in [0, 0.05) is 12.1 Å². The Bertz CT molecular complexity index is 394. The van der Waals surface area contributed by atoms with Crippen molar-refractivity contribution < 1.29 is 10.2 Å². The van der Waals surface area contributed by atoms with Gasteiger partial charge in [-0.2, -0.15) is 0 Å². The molecule has 0 saturated heterocycles. The van der Waals surface area contributed by atoms with E-state index in [1.165, 1.54) is 6.33 Å². The number of hydrogen-bond acceptors (Lipinski definition) is 6. The minimum atomic E-state index is -0.791. The smallest absolute Gasteiger partial charge is 0.135 e. The zero-order valence-corrected chi connectivity index (χ0v) is 11.9. The van der Waals surface area contributed by atoms with Crippen molar-refractivity contribution in [2.24, 2.45) is 0 Å². The predicted octanol–water partition coefficient (Wildman–Crippen LogP) is 1.02. The van der Waals surface area contributed by atoms with E-state index in [0.29, 0.717) is 5.82 Å².